The summed E-state index contributed by atoms with van der Waals surface area (Å²) in [6.45, 7) is 1.13. The molecule has 2 aromatic rings. The van der Waals surface area contributed by atoms with Crippen molar-refractivity contribution in [2.24, 2.45) is 0 Å². The molecule has 0 amide bonds. The van der Waals surface area contributed by atoms with Crippen LogP contribution in [0.1, 0.15) is 18.6 Å². The highest BCUT2D eigenvalue weighted by molar-refractivity contribution is 7.89. The number of halogens is 2. The first-order chi connectivity index (χ1) is 11.0. The monoisotopic (exact) mass is 375 g/mol. The Morgan fingerprint density at radius 2 is 1.87 bits per heavy atom. The minimum atomic E-state index is -3.55. The molecule has 124 valence electrons. The van der Waals surface area contributed by atoms with Crippen molar-refractivity contribution in [3.05, 3.63) is 46.1 Å². The highest BCUT2D eigenvalue weighted by Crippen LogP contribution is 2.29. The number of rotatable bonds is 5. The second-order valence-corrected chi connectivity index (χ2v) is 7.91. The standard InChI is InChI=1S/C15H15Cl2NO4S/c16-11-3-5-13(17)14(9-11)21-10-12-4-6-15(22-12)23(19,20)18-7-1-2-8-18/h3-6,9H,1-2,7-8,10H2. The van der Waals surface area contributed by atoms with Crippen LogP contribution in [0.15, 0.2) is 39.8 Å². The van der Waals surface area contributed by atoms with Crippen LogP contribution in [0, 0.1) is 0 Å². The molecule has 0 atom stereocenters. The Morgan fingerprint density at radius 1 is 1.13 bits per heavy atom. The van der Waals surface area contributed by atoms with Gasteiger partial charge in [0, 0.05) is 24.2 Å². The molecule has 8 heteroatoms. The fraction of sp³-hybridized carbons (Fsp3) is 0.333. The molecule has 1 aromatic heterocycles. The summed E-state index contributed by atoms with van der Waals surface area (Å²) >= 11 is 11.9. The first-order valence-corrected chi connectivity index (χ1v) is 9.33. The summed E-state index contributed by atoms with van der Waals surface area (Å²) in [5, 5.41) is 0.863. The molecular formula is C15H15Cl2NO4S. The number of sulfonamides is 1. The molecular weight excluding hydrogens is 361 g/mol. The number of hydrogen-bond acceptors (Lipinski definition) is 4. The van der Waals surface area contributed by atoms with Gasteiger partial charge in [0.2, 0.25) is 5.09 Å². The van der Waals surface area contributed by atoms with Gasteiger partial charge in [0.25, 0.3) is 10.0 Å². The van der Waals surface area contributed by atoms with Crippen molar-refractivity contribution < 1.29 is 17.6 Å². The highest BCUT2D eigenvalue weighted by atomic mass is 35.5. The zero-order valence-corrected chi connectivity index (χ0v) is 14.5. The number of nitrogens with zero attached hydrogens (tertiary/aromatic N) is 1. The van der Waals surface area contributed by atoms with Crippen LogP contribution in [0.25, 0.3) is 0 Å². The summed E-state index contributed by atoms with van der Waals surface area (Å²) in [6.07, 6.45) is 1.76. The predicted octanol–water partition coefficient (Wildman–Crippen LogP) is 3.95. The molecule has 0 bridgehead atoms. The minimum absolute atomic E-state index is 0.0600. The summed E-state index contributed by atoms with van der Waals surface area (Å²) < 4.78 is 37.1. The molecule has 2 heterocycles. The van der Waals surface area contributed by atoms with Crippen molar-refractivity contribution in [2.75, 3.05) is 13.1 Å². The Labute approximate surface area is 144 Å². The molecule has 0 saturated carbocycles. The number of ether oxygens (including phenoxy) is 1. The Morgan fingerprint density at radius 3 is 2.61 bits per heavy atom. The van der Waals surface area contributed by atoms with Crippen LogP contribution in [0.2, 0.25) is 10.0 Å². The van der Waals surface area contributed by atoms with E-state index < -0.39 is 10.0 Å². The quantitative estimate of drug-likeness (QED) is 0.793. The number of furan rings is 1. The molecule has 1 fully saturated rings. The van der Waals surface area contributed by atoms with E-state index in [2.05, 4.69) is 0 Å². The summed E-state index contributed by atoms with van der Waals surface area (Å²) in [6, 6.07) is 7.91. The topological polar surface area (TPSA) is 59.8 Å². The number of hydrogen-bond donors (Lipinski definition) is 0. The zero-order chi connectivity index (χ0) is 16.4. The van der Waals surface area contributed by atoms with Gasteiger partial charge in [-0.1, -0.05) is 23.2 Å². The van der Waals surface area contributed by atoms with Crippen LogP contribution in [0.3, 0.4) is 0 Å². The van der Waals surface area contributed by atoms with Gasteiger partial charge < -0.3 is 9.15 Å². The maximum absolute atomic E-state index is 12.4. The third-order valence-electron chi connectivity index (χ3n) is 3.56. The maximum Gasteiger partial charge on any atom is 0.276 e. The highest BCUT2D eigenvalue weighted by Gasteiger charge is 2.29. The Balaban J connectivity index is 1.71. The van der Waals surface area contributed by atoms with Crippen LogP contribution in [0.5, 0.6) is 5.75 Å². The summed E-state index contributed by atoms with van der Waals surface area (Å²) in [5.74, 6) is 0.818. The SMILES string of the molecule is O=S(=O)(c1ccc(COc2cc(Cl)ccc2Cl)o1)N1CCCC1. The van der Waals surface area contributed by atoms with Gasteiger partial charge in [-0.3, -0.25) is 0 Å². The van der Waals surface area contributed by atoms with Crippen molar-refractivity contribution in [2.45, 2.75) is 24.5 Å². The fourth-order valence-corrected chi connectivity index (χ4v) is 4.15. The Kier molecular flexibility index (Phi) is 4.87. The van der Waals surface area contributed by atoms with Crippen LogP contribution < -0.4 is 4.74 Å². The lowest BCUT2D eigenvalue weighted by Crippen LogP contribution is -2.27. The van der Waals surface area contributed by atoms with Gasteiger partial charge in [0.15, 0.2) is 0 Å². The van der Waals surface area contributed by atoms with Crippen molar-refractivity contribution in [3.8, 4) is 5.75 Å². The van der Waals surface area contributed by atoms with Gasteiger partial charge in [0.05, 0.1) is 5.02 Å². The van der Waals surface area contributed by atoms with Crippen molar-refractivity contribution in [1.29, 1.82) is 0 Å². The first kappa shape index (κ1) is 16.6. The molecule has 0 unspecified atom stereocenters. The lowest BCUT2D eigenvalue weighted by molar-refractivity contribution is 0.256. The minimum Gasteiger partial charge on any atom is -0.484 e. The molecule has 1 saturated heterocycles. The average Bonchev–Trinajstić information content (AvgIpc) is 3.20. The lowest BCUT2D eigenvalue weighted by Gasteiger charge is -2.12. The van der Waals surface area contributed by atoms with Crippen LogP contribution in [-0.4, -0.2) is 25.8 Å². The normalized spacial score (nSPS) is 15.9. The van der Waals surface area contributed by atoms with Gasteiger partial charge in [-0.05, 0) is 37.1 Å². The third kappa shape index (κ3) is 3.66. The van der Waals surface area contributed by atoms with Crippen LogP contribution >= 0.6 is 23.2 Å². The maximum atomic E-state index is 12.4. The van der Waals surface area contributed by atoms with Gasteiger partial charge in [-0.2, -0.15) is 4.31 Å². The molecule has 0 N–H and O–H groups in total. The molecule has 0 radical (unpaired) electrons. The van der Waals surface area contributed by atoms with E-state index in [4.69, 9.17) is 32.4 Å². The molecule has 3 rings (SSSR count). The van der Waals surface area contributed by atoms with E-state index in [0.29, 0.717) is 34.6 Å². The molecule has 23 heavy (non-hydrogen) atoms. The smallest absolute Gasteiger partial charge is 0.276 e. The first-order valence-electron chi connectivity index (χ1n) is 7.13. The second-order valence-electron chi connectivity index (χ2n) is 5.20. The largest absolute Gasteiger partial charge is 0.484 e. The Bertz CT molecular complexity index is 798. The Hall–Kier alpha value is -1.21. The van der Waals surface area contributed by atoms with Crippen LogP contribution in [0.4, 0.5) is 0 Å². The second kappa shape index (κ2) is 6.73. The van der Waals surface area contributed by atoms with E-state index in [1.54, 1.807) is 24.3 Å². The third-order valence-corrected chi connectivity index (χ3v) is 5.88. The molecule has 1 aliphatic rings. The van der Waals surface area contributed by atoms with Crippen molar-refractivity contribution >= 4 is 33.2 Å². The van der Waals surface area contributed by atoms with Gasteiger partial charge in [0.1, 0.15) is 18.1 Å². The molecule has 1 aromatic carbocycles. The van der Waals surface area contributed by atoms with E-state index in [1.807, 2.05) is 0 Å². The van der Waals surface area contributed by atoms with Gasteiger partial charge in [-0.25, -0.2) is 8.42 Å². The van der Waals surface area contributed by atoms with E-state index in [9.17, 15) is 8.42 Å². The molecule has 0 aliphatic carbocycles. The zero-order valence-electron chi connectivity index (χ0n) is 12.2. The summed E-state index contributed by atoms with van der Waals surface area (Å²) in [7, 11) is -3.55. The van der Waals surface area contributed by atoms with Crippen molar-refractivity contribution in [3.63, 3.8) is 0 Å². The molecule has 1 aliphatic heterocycles. The molecule has 0 spiro atoms. The van der Waals surface area contributed by atoms with E-state index in [1.165, 1.54) is 10.4 Å². The predicted molar refractivity (Wildman–Crippen MR) is 87.5 cm³/mol. The summed E-state index contributed by atoms with van der Waals surface area (Å²) in [5.41, 5.74) is 0. The lowest BCUT2D eigenvalue weighted by atomic mass is 10.3. The number of benzene rings is 1. The van der Waals surface area contributed by atoms with Gasteiger partial charge >= 0.3 is 0 Å². The fourth-order valence-electron chi connectivity index (χ4n) is 2.37. The van der Waals surface area contributed by atoms with E-state index in [0.717, 1.165) is 12.8 Å². The average molecular weight is 376 g/mol. The van der Waals surface area contributed by atoms with E-state index >= 15 is 0 Å². The molecule has 5 nitrogen and oxygen atoms in total. The van der Waals surface area contributed by atoms with Crippen LogP contribution in [-0.2, 0) is 16.6 Å². The van der Waals surface area contributed by atoms with E-state index in [-0.39, 0.29) is 11.7 Å². The van der Waals surface area contributed by atoms with Crippen molar-refractivity contribution in [1.82, 2.24) is 4.31 Å². The van der Waals surface area contributed by atoms with Gasteiger partial charge in [-0.15, -0.1) is 0 Å². The summed E-state index contributed by atoms with van der Waals surface area (Å²) in [4.78, 5) is 0.